The number of thioether (sulfide) groups is 1. The maximum Gasteiger partial charge on any atom is 0.336 e. The second kappa shape index (κ2) is 11.1. The minimum absolute atomic E-state index is 0.0491. The smallest absolute Gasteiger partial charge is 0.336 e. The van der Waals surface area contributed by atoms with Gasteiger partial charge in [0.15, 0.2) is 0 Å². The number of hydrogen-bond acceptors (Lipinski definition) is 4. The zero-order valence-corrected chi connectivity index (χ0v) is 21.8. The summed E-state index contributed by atoms with van der Waals surface area (Å²) in [6.45, 7) is 0.436. The van der Waals surface area contributed by atoms with Crippen LogP contribution in [0.3, 0.4) is 0 Å². The van der Waals surface area contributed by atoms with Crippen molar-refractivity contribution in [2.45, 2.75) is 5.75 Å². The van der Waals surface area contributed by atoms with Gasteiger partial charge in [-0.25, -0.2) is 4.79 Å². The molecule has 2 N–H and O–H groups in total. The van der Waals surface area contributed by atoms with Gasteiger partial charge in [0.1, 0.15) is 0 Å². The number of carbonyl (C=O) groups excluding carboxylic acids is 2. The highest BCUT2D eigenvalue weighted by Gasteiger charge is 2.27. The molecule has 8 heteroatoms. The van der Waals surface area contributed by atoms with Crippen molar-refractivity contribution in [1.82, 2.24) is 0 Å². The Kier molecular flexibility index (Phi) is 7.49. The van der Waals surface area contributed by atoms with Crippen molar-refractivity contribution in [3.63, 3.8) is 0 Å². The molecule has 0 spiro atoms. The van der Waals surface area contributed by atoms with E-state index in [1.807, 2.05) is 48.5 Å². The minimum Gasteiger partial charge on any atom is -0.478 e. The number of hydrogen-bond donors (Lipinski definition) is 2. The molecule has 5 rings (SSSR count). The molecule has 4 aromatic rings. The standard InChI is InChI=1S/C30H23ClN2O4S/c31-21-10-13-27-20(16-21)18-38-15-14-33(27)29(35)25-12-11-22(17-26(25)30(36)37)32-28(34)24-9-5-4-8-23(24)19-6-2-1-3-7-19/h1-13,16-17H,14-15,18H2,(H,32,34)(H,36,37). The monoisotopic (exact) mass is 542 g/mol. The normalized spacial score (nSPS) is 12.8. The number of carboxylic acids is 1. The molecule has 38 heavy (non-hydrogen) atoms. The summed E-state index contributed by atoms with van der Waals surface area (Å²) in [5, 5.41) is 13.3. The van der Waals surface area contributed by atoms with Crippen molar-refractivity contribution in [3.8, 4) is 11.1 Å². The van der Waals surface area contributed by atoms with Crippen molar-refractivity contribution < 1.29 is 19.5 Å². The van der Waals surface area contributed by atoms with Crippen molar-refractivity contribution in [2.75, 3.05) is 22.5 Å². The van der Waals surface area contributed by atoms with Crippen LogP contribution in [0, 0.1) is 0 Å². The summed E-state index contributed by atoms with van der Waals surface area (Å²) in [6.07, 6.45) is 0. The van der Waals surface area contributed by atoms with Gasteiger partial charge in [0.25, 0.3) is 11.8 Å². The Bertz CT molecular complexity index is 1540. The molecule has 0 saturated carbocycles. The number of aromatic carboxylic acids is 1. The molecule has 0 aromatic heterocycles. The van der Waals surface area contributed by atoms with E-state index >= 15 is 0 Å². The van der Waals surface area contributed by atoms with E-state index in [1.165, 1.54) is 12.1 Å². The van der Waals surface area contributed by atoms with E-state index in [1.54, 1.807) is 47.0 Å². The van der Waals surface area contributed by atoms with Crippen LogP contribution in [0.2, 0.25) is 5.02 Å². The first-order chi connectivity index (χ1) is 18.4. The highest BCUT2D eigenvalue weighted by molar-refractivity contribution is 7.98. The molecular formula is C30H23ClN2O4S. The van der Waals surface area contributed by atoms with E-state index in [9.17, 15) is 19.5 Å². The molecule has 0 atom stereocenters. The van der Waals surface area contributed by atoms with Gasteiger partial charge in [-0.05, 0) is 59.2 Å². The molecule has 0 radical (unpaired) electrons. The van der Waals surface area contributed by atoms with Crippen LogP contribution in [0.5, 0.6) is 0 Å². The number of halogens is 1. The number of amides is 2. The van der Waals surface area contributed by atoms with E-state index in [2.05, 4.69) is 5.32 Å². The Morgan fingerprint density at radius 3 is 2.39 bits per heavy atom. The Morgan fingerprint density at radius 1 is 0.842 bits per heavy atom. The molecule has 0 fully saturated rings. The number of anilines is 2. The fourth-order valence-electron chi connectivity index (χ4n) is 4.48. The second-order valence-electron chi connectivity index (χ2n) is 8.71. The SMILES string of the molecule is O=C(O)c1cc(NC(=O)c2ccccc2-c2ccccc2)ccc1C(=O)N1CCSCc2cc(Cl)ccc21. The van der Waals surface area contributed by atoms with Gasteiger partial charge in [0, 0.05) is 40.0 Å². The van der Waals surface area contributed by atoms with E-state index in [4.69, 9.17) is 11.6 Å². The van der Waals surface area contributed by atoms with Gasteiger partial charge in [-0.2, -0.15) is 11.8 Å². The number of carbonyl (C=O) groups is 3. The van der Waals surface area contributed by atoms with Crippen LogP contribution < -0.4 is 10.2 Å². The summed E-state index contributed by atoms with van der Waals surface area (Å²) in [5.74, 6) is -0.637. The lowest BCUT2D eigenvalue weighted by Crippen LogP contribution is -2.34. The fourth-order valence-corrected chi connectivity index (χ4v) is 5.58. The molecular weight excluding hydrogens is 520 g/mol. The summed E-state index contributed by atoms with van der Waals surface area (Å²) < 4.78 is 0. The van der Waals surface area contributed by atoms with Gasteiger partial charge < -0.3 is 15.3 Å². The molecule has 4 aromatic carbocycles. The van der Waals surface area contributed by atoms with Gasteiger partial charge >= 0.3 is 5.97 Å². The zero-order chi connectivity index (χ0) is 26.6. The second-order valence-corrected chi connectivity index (χ2v) is 10.3. The average molecular weight is 543 g/mol. The van der Waals surface area contributed by atoms with Crippen LogP contribution >= 0.6 is 23.4 Å². The van der Waals surface area contributed by atoms with Gasteiger partial charge in [-0.15, -0.1) is 0 Å². The molecule has 190 valence electrons. The third-order valence-electron chi connectivity index (χ3n) is 6.29. The average Bonchev–Trinajstić information content (AvgIpc) is 3.15. The van der Waals surface area contributed by atoms with Gasteiger partial charge in [0.05, 0.1) is 11.1 Å². The quantitative estimate of drug-likeness (QED) is 0.288. The van der Waals surface area contributed by atoms with Crippen molar-refractivity contribution in [2.24, 2.45) is 0 Å². The lowest BCUT2D eigenvalue weighted by atomic mass is 9.99. The van der Waals surface area contributed by atoms with Crippen LogP contribution in [0.15, 0.2) is 91.0 Å². The molecule has 1 heterocycles. The molecule has 1 aliphatic heterocycles. The zero-order valence-electron chi connectivity index (χ0n) is 20.2. The summed E-state index contributed by atoms with van der Waals surface area (Å²) in [4.78, 5) is 40.6. The molecule has 0 saturated heterocycles. The molecule has 2 amide bonds. The topological polar surface area (TPSA) is 86.7 Å². The Morgan fingerprint density at radius 2 is 1.61 bits per heavy atom. The lowest BCUT2D eigenvalue weighted by molar-refractivity contribution is 0.0691. The van der Waals surface area contributed by atoms with Crippen molar-refractivity contribution >= 4 is 52.5 Å². The van der Waals surface area contributed by atoms with E-state index < -0.39 is 11.9 Å². The Labute approximate surface area is 229 Å². The molecule has 0 bridgehead atoms. The highest BCUT2D eigenvalue weighted by atomic mass is 35.5. The number of fused-ring (bicyclic) bond motifs is 1. The molecule has 0 unspecified atom stereocenters. The summed E-state index contributed by atoms with van der Waals surface area (Å²) >= 11 is 7.85. The maximum absolute atomic E-state index is 13.6. The first kappa shape index (κ1) is 25.6. The maximum atomic E-state index is 13.6. The number of carboxylic acid groups (broad SMARTS) is 1. The first-order valence-electron chi connectivity index (χ1n) is 11.9. The molecule has 6 nitrogen and oxygen atoms in total. The van der Waals surface area contributed by atoms with E-state index in [0.717, 1.165) is 22.4 Å². The number of nitrogens with zero attached hydrogens (tertiary/aromatic N) is 1. The Balaban J connectivity index is 1.45. The summed E-state index contributed by atoms with van der Waals surface area (Å²) in [6, 6.07) is 26.4. The Hall–Kier alpha value is -4.07. The third-order valence-corrected chi connectivity index (χ3v) is 7.51. The third kappa shape index (κ3) is 5.30. The van der Waals surface area contributed by atoms with Crippen LogP contribution in [-0.4, -0.2) is 35.2 Å². The van der Waals surface area contributed by atoms with Crippen LogP contribution in [-0.2, 0) is 5.75 Å². The van der Waals surface area contributed by atoms with Gasteiger partial charge in [-0.1, -0.05) is 60.1 Å². The van der Waals surface area contributed by atoms with E-state index in [-0.39, 0.29) is 22.7 Å². The number of benzene rings is 4. The summed E-state index contributed by atoms with van der Waals surface area (Å²) in [7, 11) is 0. The van der Waals surface area contributed by atoms with E-state index in [0.29, 0.717) is 28.6 Å². The van der Waals surface area contributed by atoms with Crippen LogP contribution in [0.4, 0.5) is 11.4 Å². The van der Waals surface area contributed by atoms with Crippen LogP contribution in [0.1, 0.15) is 36.6 Å². The summed E-state index contributed by atoms with van der Waals surface area (Å²) in [5.41, 5.74) is 3.89. The van der Waals surface area contributed by atoms with Crippen molar-refractivity contribution in [1.29, 1.82) is 0 Å². The predicted octanol–water partition coefficient (Wildman–Crippen LogP) is 6.85. The number of rotatable bonds is 5. The first-order valence-corrected chi connectivity index (χ1v) is 13.5. The largest absolute Gasteiger partial charge is 0.478 e. The highest BCUT2D eigenvalue weighted by Crippen LogP contribution is 2.33. The van der Waals surface area contributed by atoms with Gasteiger partial charge in [0.2, 0.25) is 0 Å². The predicted molar refractivity (Wildman–Crippen MR) is 153 cm³/mol. The minimum atomic E-state index is -1.25. The van der Waals surface area contributed by atoms with Gasteiger partial charge in [-0.3, -0.25) is 9.59 Å². The molecule has 1 aliphatic rings. The fraction of sp³-hybridized carbons (Fsp3) is 0.100. The molecule has 0 aliphatic carbocycles. The van der Waals surface area contributed by atoms with Crippen molar-refractivity contribution in [3.05, 3.63) is 118 Å². The number of nitrogens with one attached hydrogen (secondary N) is 1. The lowest BCUT2D eigenvalue weighted by Gasteiger charge is -2.24. The van der Waals surface area contributed by atoms with Crippen LogP contribution in [0.25, 0.3) is 11.1 Å².